The van der Waals surface area contributed by atoms with E-state index in [1.165, 1.54) is 0 Å². The Morgan fingerprint density at radius 1 is 1.42 bits per heavy atom. The van der Waals surface area contributed by atoms with Crippen LogP contribution < -0.4 is 0 Å². The van der Waals surface area contributed by atoms with Crippen molar-refractivity contribution < 1.29 is 9.53 Å². The van der Waals surface area contributed by atoms with E-state index >= 15 is 0 Å². The second-order valence-corrected chi connectivity index (χ2v) is 7.14. The van der Waals surface area contributed by atoms with Crippen LogP contribution in [-0.4, -0.2) is 45.3 Å². The second kappa shape index (κ2) is 3.96. The van der Waals surface area contributed by atoms with E-state index in [1.54, 1.807) is 6.08 Å². The number of ether oxygens (including phenoxy) is 1. The molecule has 1 heterocycles. The fraction of sp³-hybridized carbons (Fsp3) is 0.857. The molecule has 0 radical (unpaired) electrons. The highest BCUT2D eigenvalue weighted by Crippen LogP contribution is 2.12. The van der Waals surface area contributed by atoms with E-state index in [4.69, 9.17) is 4.74 Å². The van der Waals surface area contributed by atoms with Crippen molar-refractivity contribution in [2.24, 2.45) is 4.66 Å². The maximum absolute atomic E-state index is 10.1. The highest BCUT2D eigenvalue weighted by Gasteiger charge is 2.30. The Kier molecular flexibility index (Phi) is 3.17. The molecule has 0 aliphatic carbocycles. The van der Waals surface area contributed by atoms with Crippen LogP contribution in [0.25, 0.3) is 0 Å². The van der Waals surface area contributed by atoms with Gasteiger partial charge >= 0.3 is 0 Å². The Hall–Kier alpha value is -0.483. The Balaban J connectivity index is 2.59. The van der Waals surface area contributed by atoms with Crippen molar-refractivity contribution in [2.45, 2.75) is 13.1 Å². The number of morpholine rings is 1. The number of hydrogen-bond acceptors (Lipinski definition) is 4. The van der Waals surface area contributed by atoms with Gasteiger partial charge in [0.1, 0.15) is 0 Å². The van der Waals surface area contributed by atoms with Crippen LogP contribution in [-0.2, 0) is 9.53 Å². The summed E-state index contributed by atoms with van der Waals surface area (Å²) in [6.45, 7) is 7.39. The molecule has 0 unspecified atom stereocenters. The molecule has 1 rings (SSSR count). The largest absolute Gasteiger partial charge is 0.379 e. The molecule has 0 aromatic carbocycles. The van der Waals surface area contributed by atoms with Crippen LogP contribution in [0.15, 0.2) is 4.66 Å². The smallest absolute Gasteiger partial charge is 0.265 e. The third kappa shape index (κ3) is 2.25. The number of hydrogen-bond donors (Lipinski definition) is 0. The molecule has 4 nitrogen and oxygen atoms in total. The van der Waals surface area contributed by atoms with Crippen molar-refractivity contribution in [3.05, 3.63) is 0 Å². The summed E-state index contributed by atoms with van der Waals surface area (Å²) in [6, 6.07) is 0. The molecule has 0 bridgehead atoms. The predicted octanol–water partition coefficient (Wildman–Crippen LogP) is 0.356. The van der Waals surface area contributed by atoms with Crippen LogP contribution in [0.2, 0.25) is 13.1 Å². The minimum Gasteiger partial charge on any atom is -0.379 e. The first-order valence-corrected chi connectivity index (χ1v) is 6.98. The summed E-state index contributed by atoms with van der Waals surface area (Å²) in [7, 11) is -1.85. The summed E-state index contributed by atoms with van der Waals surface area (Å²) in [5.74, 6) is 0. The molecule has 68 valence electrons. The Labute approximate surface area is 73.4 Å². The van der Waals surface area contributed by atoms with Gasteiger partial charge in [0.2, 0.25) is 6.08 Å². The Morgan fingerprint density at radius 2 is 2.00 bits per heavy atom. The van der Waals surface area contributed by atoms with Gasteiger partial charge in [0.15, 0.2) is 0 Å². The lowest BCUT2D eigenvalue weighted by atomic mass is 10.5. The summed E-state index contributed by atoms with van der Waals surface area (Å²) in [4.78, 5) is 10.1. The normalized spacial score (nSPS) is 20.2. The summed E-state index contributed by atoms with van der Waals surface area (Å²) >= 11 is 0. The average Bonchev–Trinajstić information content (AvgIpc) is 2.06. The standard InChI is InChI=1S/C7H14N2O2Si/c1-12(2,8-7-10)9-3-5-11-6-4-9/h3-6H2,1-2H3. The third-order valence-electron chi connectivity index (χ3n) is 2.10. The minimum absolute atomic E-state index is 0.755. The molecule has 0 N–H and O–H groups in total. The van der Waals surface area contributed by atoms with E-state index in [-0.39, 0.29) is 0 Å². The fourth-order valence-corrected chi connectivity index (χ4v) is 2.93. The Bertz CT molecular complexity index is 196. The number of isocyanates is 1. The maximum Gasteiger partial charge on any atom is 0.265 e. The van der Waals surface area contributed by atoms with E-state index in [0.717, 1.165) is 26.3 Å². The van der Waals surface area contributed by atoms with E-state index < -0.39 is 8.40 Å². The molecule has 12 heavy (non-hydrogen) atoms. The molecule has 0 saturated carbocycles. The van der Waals surface area contributed by atoms with E-state index in [0.29, 0.717) is 0 Å². The summed E-state index contributed by atoms with van der Waals surface area (Å²) in [5.41, 5.74) is 0. The molecule has 0 amide bonds. The molecule has 0 aromatic heterocycles. The summed E-state index contributed by atoms with van der Waals surface area (Å²) in [5, 5.41) is 0. The zero-order valence-electron chi connectivity index (χ0n) is 7.54. The van der Waals surface area contributed by atoms with Crippen LogP contribution in [0.3, 0.4) is 0 Å². The number of nitrogens with zero attached hydrogens (tertiary/aromatic N) is 2. The molecule has 1 aliphatic rings. The quantitative estimate of drug-likeness (QED) is 0.355. The van der Waals surface area contributed by atoms with Crippen molar-refractivity contribution in [3.63, 3.8) is 0 Å². The molecule has 1 aliphatic heterocycles. The van der Waals surface area contributed by atoms with Gasteiger partial charge in [-0.1, -0.05) is 0 Å². The molecule has 0 spiro atoms. The van der Waals surface area contributed by atoms with Gasteiger partial charge in [0, 0.05) is 13.1 Å². The monoisotopic (exact) mass is 186 g/mol. The van der Waals surface area contributed by atoms with E-state index in [2.05, 4.69) is 9.22 Å². The van der Waals surface area contributed by atoms with E-state index in [1.807, 2.05) is 13.1 Å². The van der Waals surface area contributed by atoms with Crippen LogP contribution >= 0.6 is 0 Å². The zero-order valence-corrected chi connectivity index (χ0v) is 8.54. The fourth-order valence-electron chi connectivity index (χ4n) is 1.29. The summed E-state index contributed by atoms with van der Waals surface area (Å²) < 4.78 is 11.3. The van der Waals surface area contributed by atoms with E-state index in [9.17, 15) is 4.79 Å². The SMILES string of the molecule is C[Si](C)(N=C=O)N1CCOCC1. The van der Waals surface area contributed by atoms with Crippen molar-refractivity contribution in [3.8, 4) is 0 Å². The molecule has 1 saturated heterocycles. The Morgan fingerprint density at radius 3 is 2.50 bits per heavy atom. The topological polar surface area (TPSA) is 41.9 Å². The first kappa shape index (κ1) is 9.60. The molecular weight excluding hydrogens is 172 g/mol. The third-order valence-corrected chi connectivity index (χ3v) is 4.74. The first-order valence-electron chi connectivity index (χ1n) is 4.08. The molecule has 1 fully saturated rings. The molecule has 0 atom stereocenters. The van der Waals surface area contributed by atoms with Gasteiger partial charge < -0.3 is 9.30 Å². The van der Waals surface area contributed by atoms with Gasteiger partial charge in [-0.25, -0.2) is 9.45 Å². The van der Waals surface area contributed by atoms with Crippen LogP contribution in [0, 0.1) is 0 Å². The number of carbonyl (C=O) groups excluding carboxylic acids is 1. The zero-order chi connectivity index (χ0) is 9.03. The van der Waals surface area contributed by atoms with Crippen LogP contribution in [0.5, 0.6) is 0 Å². The lowest BCUT2D eigenvalue weighted by molar-refractivity contribution is 0.0689. The summed E-state index contributed by atoms with van der Waals surface area (Å²) in [6.07, 6.45) is 1.66. The first-order chi connectivity index (χ1) is 5.67. The average molecular weight is 186 g/mol. The highest BCUT2D eigenvalue weighted by atomic mass is 28.3. The van der Waals surface area contributed by atoms with Gasteiger partial charge in [-0.3, -0.25) is 0 Å². The predicted molar refractivity (Wildman–Crippen MR) is 48.0 cm³/mol. The van der Waals surface area contributed by atoms with Crippen molar-refractivity contribution in [1.82, 2.24) is 4.57 Å². The maximum atomic E-state index is 10.1. The van der Waals surface area contributed by atoms with Crippen LogP contribution in [0.1, 0.15) is 0 Å². The van der Waals surface area contributed by atoms with Gasteiger partial charge in [-0.15, -0.1) is 0 Å². The van der Waals surface area contributed by atoms with Gasteiger partial charge in [-0.2, -0.15) is 0 Å². The lowest BCUT2D eigenvalue weighted by Gasteiger charge is -2.34. The highest BCUT2D eigenvalue weighted by molar-refractivity contribution is 6.73. The van der Waals surface area contributed by atoms with Crippen LogP contribution in [0.4, 0.5) is 0 Å². The lowest BCUT2D eigenvalue weighted by Crippen LogP contribution is -2.52. The van der Waals surface area contributed by atoms with Crippen molar-refractivity contribution in [1.29, 1.82) is 0 Å². The van der Waals surface area contributed by atoms with Gasteiger partial charge in [0.05, 0.1) is 13.2 Å². The van der Waals surface area contributed by atoms with Gasteiger partial charge in [0.25, 0.3) is 8.40 Å². The number of rotatable bonds is 2. The molecular formula is C7H14N2O2Si. The van der Waals surface area contributed by atoms with Gasteiger partial charge in [-0.05, 0) is 13.1 Å². The minimum atomic E-state index is -1.85. The van der Waals surface area contributed by atoms with Crippen molar-refractivity contribution >= 4 is 14.5 Å². The molecule has 0 aromatic rings. The van der Waals surface area contributed by atoms with Crippen molar-refractivity contribution in [2.75, 3.05) is 26.3 Å². The molecule has 5 heteroatoms. The second-order valence-electron chi connectivity index (χ2n) is 3.30.